The van der Waals surface area contributed by atoms with Crippen molar-refractivity contribution >= 4 is 27.5 Å². The standard InChI is InChI=1S/C50H39N3O2/c54-49(55-48(45-30-16-20-37-18-10-12-28-43(37)45)46-31-17-21-38-19-11-13-29-44(38)46)47(52-32-14-15-33-52)34-42-35-53(36-51-42)50(39-22-4-1-5-23-39,40-24-6-2-7-25-40)41-26-8-3-9-27-41/h1-33,35-36,47-48H,34H2/t47-/m0/s1. The molecule has 0 saturated carbocycles. The second-order valence-electron chi connectivity index (χ2n) is 13.9. The molecule has 5 nitrogen and oxygen atoms in total. The minimum Gasteiger partial charge on any atom is -0.451 e. The van der Waals surface area contributed by atoms with Crippen molar-refractivity contribution in [3.8, 4) is 0 Å². The Balaban J connectivity index is 1.14. The summed E-state index contributed by atoms with van der Waals surface area (Å²) in [5, 5.41) is 4.28. The fraction of sp³-hybridized carbons (Fsp3) is 0.0800. The van der Waals surface area contributed by atoms with E-state index in [0.717, 1.165) is 55.1 Å². The molecule has 0 spiro atoms. The van der Waals surface area contributed by atoms with E-state index in [-0.39, 0.29) is 5.97 Å². The van der Waals surface area contributed by atoms with Crippen LogP contribution in [0.25, 0.3) is 21.5 Å². The van der Waals surface area contributed by atoms with Gasteiger partial charge in [-0.15, -0.1) is 0 Å². The van der Waals surface area contributed by atoms with Crippen molar-refractivity contribution in [1.29, 1.82) is 0 Å². The van der Waals surface area contributed by atoms with Crippen molar-refractivity contribution in [2.45, 2.75) is 24.1 Å². The topological polar surface area (TPSA) is 49.1 Å². The van der Waals surface area contributed by atoms with Crippen molar-refractivity contribution in [2.24, 2.45) is 0 Å². The molecule has 9 aromatic rings. The zero-order chi connectivity index (χ0) is 37.0. The molecule has 9 rings (SSSR count). The van der Waals surface area contributed by atoms with Crippen molar-refractivity contribution in [3.05, 3.63) is 246 Å². The number of esters is 1. The van der Waals surface area contributed by atoms with E-state index in [1.807, 2.05) is 90.0 Å². The van der Waals surface area contributed by atoms with Crippen LogP contribution in [0.2, 0.25) is 0 Å². The largest absolute Gasteiger partial charge is 0.451 e. The Bertz CT molecular complexity index is 2500. The highest BCUT2D eigenvalue weighted by atomic mass is 16.5. The van der Waals surface area contributed by atoms with Gasteiger partial charge in [0.2, 0.25) is 0 Å². The normalized spacial score (nSPS) is 12.2. The van der Waals surface area contributed by atoms with Gasteiger partial charge in [0.05, 0.1) is 12.0 Å². The molecule has 0 bridgehead atoms. The maximum atomic E-state index is 14.9. The summed E-state index contributed by atoms with van der Waals surface area (Å²) in [5.74, 6) is -0.336. The number of hydrogen-bond acceptors (Lipinski definition) is 3. The maximum absolute atomic E-state index is 14.9. The third-order valence-electron chi connectivity index (χ3n) is 10.7. The van der Waals surface area contributed by atoms with E-state index in [9.17, 15) is 4.79 Å². The summed E-state index contributed by atoms with van der Waals surface area (Å²) in [6, 6.07) is 63.8. The van der Waals surface area contributed by atoms with Gasteiger partial charge in [-0.25, -0.2) is 9.78 Å². The van der Waals surface area contributed by atoms with E-state index >= 15 is 0 Å². The van der Waals surface area contributed by atoms with Gasteiger partial charge in [-0.2, -0.15) is 0 Å². The lowest BCUT2D eigenvalue weighted by atomic mass is 9.77. The summed E-state index contributed by atoms with van der Waals surface area (Å²) < 4.78 is 10.9. The van der Waals surface area contributed by atoms with Crippen LogP contribution in [0.3, 0.4) is 0 Å². The first-order valence-electron chi connectivity index (χ1n) is 18.7. The molecule has 0 N–H and O–H groups in total. The summed E-state index contributed by atoms with van der Waals surface area (Å²) >= 11 is 0. The van der Waals surface area contributed by atoms with Crippen LogP contribution in [-0.2, 0) is 21.5 Å². The van der Waals surface area contributed by atoms with Crippen LogP contribution >= 0.6 is 0 Å². The van der Waals surface area contributed by atoms with Gasteiger partial charge in [0.25, 0.3) is 0 Å². The van der Waals surface area contributed by atoms with Gasteiger partial charge in [0, 0.05) is 36.1 Å². The maximum Gasteiger partial charge on any atom is 0.330 e. The molecule has 0 saturated heterocycles. The first-order valence-corrected chi connectivity index (χ1v) is 18.7. The number of rotatable bonds is 11. The van der Waals surface area contributed by atoms with Crippen LogP contribution in [0.5, 0.6) is 0 Å². The predicted octanol–water partition coefficient (Wildman–Crippen LogP) is 10.9. The SMILES string of the molecule is O=C(OC(c1cccc2ccccc12)c1cccc2ccccc12)[C@H](Cc1cn(C(c2ccccc2)(c2ccccc2)c2ccccc2)cn1)n1cccc1. The van der Waals surface area contributed by atoms with Gasteiger partial charge in [0.15, 0.2) is 6.10 Å². The highest BCUT2D eigenvalue weighted by Gasteiger charge is 2.39. The molecular formula is C50H39N3O2. The summed E-state index contributed by atoms with van der Waals surface area (Å²) in [7, 11) is 0. The van der Waals surface area contributed by atoms with Crippen molar-refractivity contribution < 1.29 is 9.53 Å². The Hall–Kier alpha value is -6.98. The van der Waals surface area contributed by atoms with Crippen LogP contribution in [0.1, 0.15) is 45.7 Å². The van der Waals surface area contributed by atoms with Gasteiger partial charge in [0.1, 0.15) is 11.6 Å². The average Bonchev–Trinajstić information content (AvgIpc) is 3.97. The number of benzene rings is 7. The average molecular weight is 714 g/mol. The molecule has 0 aliphatic rings. The number of aromatic nitrogens is 3. The number of imidazole rings is 1. The number of carbonyl (C=O) groups is 1. The number of hydrogen-bond donors (Lipinski definition) is 0. The number of carbonyl (C=O) groups excluding carboxylic acids is 1. The number of fused-ring (bicyclic) bond motifs is 2. The van der Waals surface area contributed by atoms with Crippen LogP contribution in [-0.4, -0.2) is 20.1 Å². The highest BCUT2D eigenvalue weighted by molar-refractivity contribution is 5.90. The number of nitrogens with zero attached hydrogens (tertiary/aromatic N) is 3. The van der Waals surface area contributed by atoms with E-state index in [4.69, 9.17) is 9.72 Å². The van der Waals surface area contributed by atoms with Gasteiger partial charge in [-0.3, -0.25) is 0 Å². The lowest BCUT2D eigenvalue weighted by Gasteiger charge is -2.37. The monoisotopic (exact) mass is 713 g/mol. The summed E-state index contributed by atoms with van der Waals surface area (Å²) in [6.45, 7) is 0. The summed E-state index contributed by atoms with van der Waals surface area (Å²) in [5.41, 5.74) is 5.25. The summed E-state index contributed by atoms with van der Waals surface area (Å²) in [6.07, 6.45) is 7.51. The first kappa shape index (κ1) is 33.8. The van der Waals surface area contributed by atoms with E-state index in [2.05, 4.69) is 132 Å². The van der Waals surface area contributed by atoms with E-state index in [1.54, 1.807) is 0 Å². The minimum atomic E-state index is -0.716. The molecule has 1 atom stereocenters. The Kier molecular flexibility index (Phi) is 9.10. The van der Waals surface area contributed by atoms with Crippen molar-refractivity contribution in [1.82, 2.24) is 14.1 Å². The Morgan fingerprint density at radius 3 is 1.51 bits per heavy atom. The predicted molar refractivity (Wildman–Crippen MR) is 220 cm³/mol. The molecule has 2 aromatic heterocycles. The minimum absolute atomic E-state index is 0.326. The Morgan fingerprint density at radius 1 is 0.545 bits per heavy atom. The van der Waals surface area contributed by atoms with Gasteiger partial charge < -0.3 is 13.9 Å². The zero-order valence-electron chi connectivity index (χ0n) is 30.2. The Labute approximate surface area is 320 Å². The Morgan fingerprint density at radius 2 is 1.00 bits per heavy atom. The molecule has 55 heavy (non-hydrogen) atoms. The molecule has 0 radical (unpaired) electrons. The van der Waals surface area contributed by atoms with Gasteiger partial charge in [-0.05, 0) is 50.4 Å². The second-order valence-corrected chi connectivity index (χ2v) is 13.9. The van der Waals surface area contributed by atoms with Crippen LogP contribution < -0.4 is 0 Å². The molecule has 266 valence electrons. The van der Waals surface area contributed by atoms with Crippen LogP contribution in [0.15, 0.2) is 213 Å². The van der Waals surface area contributed by atoms with E-state index in [1.165, 1.54) is 0 Å². The van der Waals surface area contributed by atoms with E-state index in [0.29, 0.717) is 6.42 Å². The summed E-state index contributed by atoms with van der Waals surface area (Å²) in [4.78, 5) is 19.9. The smallest absolute Gasteiger partial charge is 0.330 e. The number of ether oxygens (including phenoxy) is 1. The third-order valence-corrected chi connectivity index (χ3v) is 10.7. The fourth-order valence-corrected chi connectivity index (χ4v) is 8.15. The lowest BCUT2D eigenvalue weighted by Crippen LogP contribution is -2.37. The van der Waals surface area contributed by atoms with E-state index < -0.39 is 17.7 Å². The molecular weight excluding hydrogens is 675 g/mol. The molecule has 0 fully saturated rings. The van der Waals surface area contributed by atoms with Gasteiger partial charge >= 0.3 is 5.97 Å². The second kappa shape index (κ2) is 14.8. The first-order chi connectivity index (χ1) is 27.2. The quantitative estimate of drug-likeness (QED) is 0.0990. The zero-order valence-corrected chi connectivity index (χ0v) is 30.2. The van der Waals surface area contributed by atoms with Gasteiger partial charge in [-0.1, -0.05) is 176 Å². The van der Waals surface area contributed by atoms with Crippen molar-refractivity contribution in [3.63, 3.8) is 0 Å². The molecule has 0 amide bonds. The van der Waals surface area contributed by atoms with Crippen LogP contribution in [0, 0.1) is 0 Å². The molecule has 7 aromatic carbocycles. The highest BCUT2D eigenvalue weighted by Crippen LogP contribution is 2.41. The van der Waals surface area contributed by atoms with Crippen LogP contribution in [0.4, 0.5) is 0 Å². The molecule has 5 heteroatoms. The van der Waals surface area contributed by atoms with Crippen molar-refractivity contribution in [2.75, 3.05) is 0 Å². The fourth-order valence-electron chi connectivity index (χ4n) is 8.15. The lowest BCUT2D eigenvalue weighted by molar-refractivity contribution is -0.151. The molecule has 2 heterocycles. The molecule has 0 unspecified atom stereocenters. The molecule has 0 aliphatic heterocycles. The molecule has 0 aliphatic carbocycles. The third kappa shape index (κ3) is 6.30.